The molecule has 1 aromatic carbocycles. The van der Waals surface area contributed by atoms with Crippen LogP contribution >= 0.6 is 0 Å². The zero-order chi connectivity index (χ0) is 12.3. The van der Waals surface area contributed by atoms with E-state index in [0.29, 0.717) is 11.7 Å². The molecule has 0 aliphatic rings. The second-order valence-electron chi connectivity index (χ2n) is 3.64. The lowest BCUT2D eigenvalue weighted by Gasteiger charge is -2.07. The van der Waals surface area contributed by atoms with Crippen LogP contribution in [0.4, 0.5) is 17.5 Å². The number of aryl methyl sites for hydroxylation is 1. The predicted molar refractivity (Wildman–Crippen MR) is 67.5 cm³/mol. The lowest BCUT2D eigenvalue weighted by Crippen LogP contribution is -2.01. The molecule has 5 heteroatoms. The van der Waals surface area contributed by atoms with E-state index in [2.05, 4.69) is 15.3 Å². The Labute approximate surface area is 99.7 Å². The Bertz CT molecular complexity index is 510. The molecule has 0 fully saturated rings. The molecule has 0 atom stereocenters. The van der Waals surface area contributed by atoms with Crippen LogP contribution in [-0.4, -0.2) is 17.1 Å². The van der Waals surface area contributed by atoms with Gasteiger partial charge >= 0.3 is 0 Å². The monoisotopic (exact) mass is 230 g/mol. The van der Waals surface area contributed by atoms with E-state index in [1.54, 1.807) is 6.07 Å². The summed E-state index contributed by atoms with van der Waals surface area (Å²) in [5.41, 5.74) is 7.72. The number of hydrogen-bond donors (Lipinski definition) is 2. The number of anilines is 3. The summed E-state index contributed by atoms with van der Waals surface area (Å²) in [6.07, 6.45) is 0. The van der Waals surface area contributed by atoms with Gasteiger partial charge in [-0.2, -0.15) is 9.97 Å². The van der Waals surface area contributed by atoms with E-state index in [1.807, 2.05) is 31.2 Å². The Morgan fingerprint density at radius 3 is 2.53 bits per heavy atom. The molecule has 0 bridgehead atoms. The maximum Gasteiger partial charge on any atom is 0.225 e. The number of nitrogens with two attached hydrogens (primary N) is 1. The molecular weight excluding hydrogens is 216 g/mol. The van der Waals surface area contributed by atoms with Crippen LogP contribution in [-0.2, 0) is 0 Å². The van der Waals surface area contributed by atoms with Crippen molar-refractivity contribution in [2.45, 2.75) is 6.92 Å². The first-order chi connectivity index (χ1) is 8.17. The Kier molecular flexibility index (Phi) is 3.09. The third-order valence-electron chi connectivity index (χ3n) is 2.25. The van der Waals surface area contributed by atoms with Gasteiger partial charge in [0.05, 0.1) is 7.11 Å². The van der Waals surface area contributed by atoms with Crippen LogP contribution in [0.15, 0.2) is 30.3 Å². The van der Waals surface area contributed by atoms with Crippen molar-refractivity contribution in [3.8, 4) is 5.88 Å². The molecule has 88 valence electrons. The first-order valence-electron chi connectivity index (χ1n) is 5.19. The zero-order valence-corrected chi connectivity index (χ0v) is 9.77. The number of nitrogens with zero attached hydrogens (tertiary/aromatic N) is 2. The predicted octanol–water partition coefficient (Wildman–Crippen LogP) is 2.12. The van der Waals surface area contributed by atoms with Gasteiger partial charge in [0.1, 0.15) is 5.82 Å². The summed E-state index contributed by atoms with van der Waals surface area (Å²) in [6.45, 7) is 2.04. The fourth-order valence-electron chi connectivity index (χ4n) is 1.40. The topological polar surface area (TPSA) is 73.1 Å². The minimum absolute atomic E-state index is 0.180. The van der Waals surface area contributed by atoms with Crippen LogP contribution in [0.3, 0.4) is 0 Å². The smallest absolute Gasteiger partial charge is 0.225 e. The summed E-state index contributed by atoms with van der Waals surface area (Å²) in [7, 11) is 1.54. The average molecular weight is 230 g/mol. The molecule has 0 aliphatic heterocycles. The molecule has 0 saturated heterocycles. The molecule has 17 heavy (non-hydrogen) atoms. The van der Waals surface area contributed by atoms with E-state index in [0.717, 1.165) is 5.69 Å². The number of nitrogen functional groups attached to an aromatic ring is 1. The zero-order valence-electron chi connectivity index (χ0n) is 9.77. The lowest BCUT2D eigenvalue weighted by atomic mass is 10.2. The van der Waals surface area contributed by atoms with E-state index >= 15 is 0 Å². The molecule has 1 heterocycles. The highest BCUT2D eigenvalue weighted by Crippen LogP contribution is 2.19. The molecule has 2 rings (SSSR count). The maximum absolute atomic E-state index is 5.57. The lowest BCUT2D eigenvalue weighted by molar-refractivity contribution is 0.398. The second-order valence-corrected chi connectivity index (χ2v) is 3.64. The van der Waals surface area contributed by atoms with E-state index in [1.165, 1.54) is 12.7 Å². The van der Waals surface area contributed by atoms with E-state index in [9.17, 15) is 0 Å². The van der Waals surface area contributed by atoms with Gasteiger partial charge in [0.25, 0.3) is 0 Å². The van der Waals surface area contributed by atoms with Gasteiger partial charge in [-0.25, -0.2) is 0 Å². The average Bonchev–Trinajstić information content (AvgIpc) is 2.31. The minimum Gasteiger partial charge on any atom is -0.481 e. The van der Waals surface area contributed by atoms with Crippen molar-refractivity contribution in [3.63, 3.8) is 0 Å². The molecular formula is C12H14N4O. The molecule has 3 N–H and O–H groups in total. The van der Waals surface area contributed by atoms with Gasteiger partial charge in [0.2, 0.25) is 11.8 Å². The third kappa shape index (κ3) is 2.84. The molecule has 1 aromatic heterocycles. The first kappa shape index (κ1) is 11.2. The maximum atomic E-state index is 5.57. The number of hydrogen-bond acceptors (Lipinski definition) is 5. The Morgan fingerprint density at radius 1 is 1.18 bits per heavy atom. The Morgan fingerprint density at radius 2 is 1.88 bits per heavy atom. The quantitative estimate of drug-likeness (QED) is 0.844. The molecule has 0 radical (unpaired) electrons. The summed E-state index contributed by atoms with van der Waals surface area (Å²) in [4.78, 5) is 7.99. The SMILES string of the molecule is COc1cc(Nc2ccc(C)cc2)nc(N)n1. The van der Waals surface area contributed by atoms with Crippen molar-refractivity contribution in [2.24, 2.45) is 0 Å². The number of nitrogens with one attached hydrogen (secondary N) is 1. The molecule has 2 aromatic rings. The van der Waals surface area contributed by atoms with Crippen LogP contribution in [0.1, 0.15) is 5.56 Å². The van der Waals surface area contributed by atoms with Gasteiger partial charge < -0.3 is 15.8 Å². The fraction of sp³-hybridized carbons (Fsp3) is 0.167. The summed E-state index contributed by atoms with van der Waals surface area (Å²) in [5, 5.41) is 3.14. The van der Waals surface area contributed by atoms with Gasteiger partial charge in [-0.15, -0.1) is 0 Å². The Hall–Kier alpha value is -2.30. The van der Waals surface area contributed by atoms with Gasteiger partial charge in [-0.1, -0.05) is 17.7 Å². The summed E-state index contributed by atoms with van der Waals surface area (Å²) in [5.74, 6) is 1.23. The van der Waals surface area contributed by atoms with Crippen molar-refractivity contribution < 1.29 is 4.74 Å². The summed E-state index contributed by atoms with van der Waals surface area (Å²) >= 11 is 0. The molecule has 0 amide bonds. The first-order valence-corrected chi connectivity index (χ1v) is 5.19. The van der Waals surface area contributed by atoms with Crippen molar-refractivity contribution in [3.05, 3.63) is 35.9 Å². The molecule has 5 nitrogen and oxygen atoms in total. The van der Waals surface area contributed by atoms with Crippen LogP contribution in [0.5, 0.6) is 5.88 Å². The van der Waals surface area contributed by atoms with Crippen molar-refractivity contribution in [1.82, 2.24) is 9.97 Å². The number of benzene rings is 1. The Balaban J connectivity index is 2.23. The summed E-state index contributed by atoms with van der Waals surface area (Å²) in [6, 6.07) is 9.67. The molecule has 0 aliphatic carbocycles. The van der Waals surface area contributed by atoms with Gasteiger partial charge in [-0.05, 0) is 19.1 Å². The number of methoxy groups -OCH3 is 1. The normalized spacial score (nSPS) is 10.0. The van der Waals surface area contributed by atoms with Crippen molar-refractivity contribution in [2.75, 3.05) is 18.2 Å². The van der Waals surface area contributed by atoms with E-state index in [4.69, 9.17) is 10.5 Å². The highest BCUT2D eigenvalue weighted by atomic mass is 16.5. The highest BCUT2D eigenvalue weighted by Gasteiger charge is 2.02. The summed E-state index contributed by atoms with van der Waals surface area (Å²) < 4.78 is 5.02. The molecule has 0 saturated carbocycles. The van der Waals surface area contributed by atoms with Crippen LogP contribution in [0.25, 0.3) is 0 Å². The van der Waals surface area contributed by atoms with Gasteiger partial charge in [0, 0.05) is 11.8 Å². The van der Waals surface area contributed by atoms with E-state index < -0.39 is 0 Å². The number of aromatic nitrogens is 2. The van der Waals surface area contributed by atoms with E-state index in [-0.39, 0.29) is 5.95 Å². The van der Waals surface area contributed by atoms with Crippen LogP contribution in [0, 0.1) is 6.92 Å². The van der Waals surface area contributed by atoms with Crippen molar-refractivity contribution >= 4 is 17.5 Å². The largest absolute Gasteiger partial charge is 0.481 e. The standard InChI is InChI=1S/C12H14N4O/c1-8-3-5-9(6-4-8)14-10-7-11(17-2)16-12(13)15-10/h3-7H,1-2H3,(H3,13,14,15,16). The number of ether oxygens (including phenoxy) is 1. The third-order valence-corrected chi connectivity index (χ3v) is 2.25. The van der Waals surface area contributed by atoms with Gasteiger partial charge in [-0.3, -0.25) is 0 Å². The van der Waals surface area contributed by atoms with Gasteiger partial charge in [0.15, 0.2) is 0 Å². The second kappa shape index (κ2) is 4.69. The fourth-order valence-corrected chi connectivity index (χ4v) is 1.40. The minimum atomic E-state index is 0.180. The van der Waals surface area contributed by atoms with Crippen LogP contribution < -0.4 is 15.8 Å². The molecule has 0 unspecified atom stereocenters. The van der Waals surface area contributed by atoms with Crippen LogP contribution in [0.2, 0.25) is 0 Å². The van der Waals surface area contributed by atoms with Crippen molar-refractivity contribution in [1.29, 1.82) is 0 Å². The number of rotatable bonds is 3. The highest BCUT2D eigenvalue weighted by molar-refractivity contribution is 5.58. The molecule has 0 spiro atoms.